The highest BCUT2D eigenvalue weighted by Crippen LogP contribution is 2.23. The molecular weight excluding hydrogens is 362 g/mol. The van der Waals surface area contributed by atoms with Crippen LogP contribution in [0.25, 0.3) is 0 Å². The van der Waals surface area contributed by atoms with Crippen molar-refractivity contribution in [1.82, 2.24) is 10.2 Å². The number of hydrogen-bond acceptors (Lipinski definition) is 4. The van der Waals surface area contributed by atoms with Crippen molar-refractivity contribution in [3.63, 3.8) is 0 Å². The maximum Gasteiger partial charge on any atom is 0.257 e. The van der Waals surface area contributed by atoms with Gasteiger partial charge in [-0.2, -0.15) is 0 Å². The van der Waals surface area contributed by atoms with Crippen molar-refractivity contribution in [2.75, 3.05) is 50.8 Å². The fraction of sp³-hybridized carbons (Fsp3) is 0.458. The quantitative estimate of drug-likeness (QED) is 0.744. The molecular formula is C24H33N3O2. The molecule has 156 valence electrons. The zero-order valence-electron chi connectivity index (χ0n) is 17.9. The van der Waals surface area contributed by atoms with Crippen LogP contribution in [-0.2, 0) is 4.79 Å². The molecule has 2 aromatic rings. The first-order valence-electron chi connectivity index (χ1n) is 10.6. The summed E-state index contributed by atoms with van der Waals surface area (Å²) in [5, 5.41) is 2.97. The lowest BCUT2D eigenvalue weighted by Crippen LogP contribution is -2.48. The number of benzene rings is 2. The molecule has 1 saturated heterocycles. The third-order valence-electron chi connectivity index (χ3n) is 5.48. The predicted molar refractivity (Wildman–Crippen MR) is 119 cm³/mol. The predicted octanol–water partition coefficient (Wildman–Crippen LogP) is 3.44. The van der Waals surface area contributed by atoms with Gasteiger partial charge in [-0.3, -0.25) is 9.69 Å². The average Bonchev–Trinajstić information content (AvgIpc) is 2.73. The Kier molecular flexibility index (Phi) is 7.53. The zero-order valence-corrected chi connectivity index (χ0v) is 17.9. The Bertz CT molecular complexity index is 784. The number of hydrogen-bond donors (Lipinski definition) is 1. The number of rotatable bonds is 8. The molecule has 0 radical (unpaired) electrons. The molecule has 0 unspecified atom stereocenters. The van der Waals surface area contributed by atoms with Crippen LogP contribution in [0.3, 0.4) is 0 Å². The van der Waals surface area contributed by atoms with Crippen molar-refractivity contribution in [2.24, 2.45) is 0 Å². The van der Waals surface area contributed by atoms with E-state index < -0.39 is 0 Å². The highest BCUT2D eigenvalue weighted by molar-refractivity contribution is 5.77. The minimum absolute atomic E-state index is 0.0578. The molecule has 5 nitrogen and oxygen atoms in total. The second-order valence-corrected chi connectivity index (χ2v) is 7.98. The third-order valence-corrected chi connectivity index (χ3v) is 5.48. The molecule has 1 fully saturated rings. The first kappa shape index (κ1) is 21.2. The summed E-state index contributed by atoms with van der Waals surface area (Å²) in [4.78, 5) is 16.9. The number of nitrogens with zero attached hydrogens (tertiary/aromatic N) is 2. The van der Waals surface area contributed by atoms with Gasteiger partial charge in [-0.15, -0.1) is 0 Å². The van der Waals surface area contributed by atoms with Gasteiger partial charge in [0.1, 0.15) is 5.75 Å². The second-order valence-electron chi connectivity index (χ2n) is 7.98. The third kappa shape index (κ3) is 6.23. The van der Waals surface area contributed by atoms with E-state index in [9.17, 15) is 4.79 Å². The van der Waals surface area contributed by atoms with Crippen molar-refractivity contribution in [2.45, 2.75) is 26.7 Å². The fourth-order valence-electron chi connectivity index (χ4n) is 3.81. The number of piperazine rings is 1. The van der Waals surface area contributed by atoms with Gasteiger partial charge in [-0.25, -0.2) is 0 Å². The highest BCUT2D eigenvalue weighted by atomic mass is 16.5. The molecule has 0 aromatic heterocycles. The molecule has 0 spiro atoms. The summed E-state index contributed by atoms with van der Waals surface area (Å²) in [5.74, 6) is 1.17. The van der Waals surface area contributed by atoms with Crippen molar-refractivity contribution in [3.8, 4) is 5.75 Å². The molecule has 1 amide bonds. The number of aryl methyl sites for hydroxylation is 1. The molecule has 3 rings (SSSR count). The average molecular weight is 396 g/mol. The van der Waals surface area contributed by atoms with Crippen LogP contribution in [0.1, 0.15) is 30.9 Å². The van der Waals surface area contributed by atoms with E-state index >= 15 is 0 Å². The molecule has 29 heavy (non-hydrogen) atoms. The van der Waals surface area contributed by atoms with Crippen LogP contribution in [0.2, 0.25) is 0 Å². The van der Waals surface area contributed by atoms with E-state index in [4.69, 9.17) is 4.74 Å². The van der Waals surface area contributed by atoms with Crippen molar-refractivity contribution in [1.29, 1.82) is 0 Å². The number of anilines is 1. The van der Waals surface area contributed by atoms with Crippen LogP contribution < -0.4 is 15.0 Å². The van der Waals surface area contributed by atoms with Crippen LogP contribution in [0, 0.1) is 6.92 Å². The molecule has 1 aliphatic rings. The number of carbonyl (C=O) groups is 1. The van der Waals surface area contributed by atoms with Crippen LogP contribution in [-0.4, -0.2) is 56.7 Å². The van der Waals surface area contributed by atoms with Gasteiger partial charge in [0, 0.05) is 45.0 Å². The Morgan fingerprint density at radius 3 is 2.45 bits per heavy atom. The van der Waals surface area contributed by atoms with E-state index in [2.05, 4.69) is 66.2 Å². The summed E-state index contributed by atoms with van der Waals surface area (Å²) in [5.41, 5.74) is 3.80. The Balaban J connectivity index is 1.33. The van der Waals surface area contributed by atoms with Crippen molar-refractivity contribution in [3.05, 3.63) is 59.7 Å². The Hall–Kier alpha value is -2.53. The van der Waals surface area contributed by atoms with E-state index in [1.54, 1.807) is 0 Å². The minimum Gasteiger partial charge on any atom is -0.484 e. The zero-order chi connectivity index (χ0) is 20.6. The first-order chi connectivity index (χ1) is 14.0. The summed E-state index contributed by atoms with van der Waals surface area (Å²) >= 11 is 0. The van der Waals surface area contributed by atoms with Gasteiger partial charge in [0.15, 0.2) is 6.61 Å². The molecule has 5 heteroatoms. The van der Waals surface area contributed by atoms with Crippen molar-refractivity contribution >= 4 is 11.6 Å². The van der Waals surface area contributed by atoms with E-state index in [0.717, 1.165) is 38.5 Å². The van der Waals surface area contributed by atoms with Gasteiger partial charge in [-0.05, 0) is 48.2 Å². The Morgan fingerprint density at radius 1 is 1.07 bits per heavy atom. The van der Waals surface area contributed by atoms with Gasteiger partial charge in [0.2, 0.25) is 0 Å². The highest BCUT2D eigenvalue weighted by Gasteiger charge is 2.16. The van der Waals surface area contributed by atoms with Crippen LogP contribution in [0.15, 0.2) is 48.5 Å². The number of nitrogens with one attached hydrogen (secondary N) is 1. The van der Waals surface area contributed by atoms with Crippen LogP contribution in [0.4, 0.5) is 5.69 Å². The van der Waals surface area contributed by atoms with Gasteiger partial charge < -0.3 is 15.0 Å². The second kappa shape index (κ2) is 10.3. The lowest BCUT2D eigenvalue weighted by atomic mass is 9.98. The number of amides is 1. The Labute approximate surface area is 174 Å². The molecule has 1 aliphatic heterocycles. The molecule has 1 N–H and O–H groups in total. The minimum atomic E-state index is -0.0708. The van der Waals surface area contributed by atoms with E-state index in [-0.39, 0.29) is 12.5 Å². The summed E-state index contributed by atoms with van der Waals surface area (Å²) in [6.07, 6.45) is 0. The van der Waals surface area contributed by atoms with Crippen LogP contribution in [0.5, 0.6) is 5.75 Å². The monoisotopic (exact) mass is 395 g/mol. The summed E-state index contributed by atoms with van der Waals surface area (Å²) in [6, 6.07) is 16.6. The standard InChI is InChI=1S/C24H33N3O2/c1-19(2)23-10-9-22(17-20(23)3)29-18-24(28)25-11-12-26-13-15-27(16-14-26)21-7-5-4-6-8-21/h4-10,17,19H,11-16,18H2,1-3H3,(H,25,28). The lowest BCUT2D eigenvalue weighted by Gasteiger charge is -2.36. The van der Waals surface area contributed by atoms with Crippen molar-refractivity contribution < 1.29 is 9.53 Å². The maximum absolute atomic E-state index is 12.1. The summed E-state index contributed by atoms with van der Waals surface area (Å²) in [6.45, 7) is 12.1. The molecule has 2 aromatic carbocycles. The fourth-order valence-corrected chi connectivity index (χ4v) is 3.81. The largest absolute Gasteiger partial charge is 0.484 e. The molecule has 0 atom stereocenters. The van der Waals surface area contributed by atoms with E-state index in [0.29, 0.717) is 12.5 Å². The molecule has 0 aliphatic carbocycles. The van der Waals surface area contributed by atoms with Crippen LogP contribution >= 0.6 is 0 Å². The smallest absolute Gasteiger partial charge is 0.257 e. The van der Waals surface area contributed by atoms with Gasteiger partial charge in [0.05, 0.1) is 0 Å². The van der Waals surface area contributed by atoms with E-state index in [1.807, 2.05) is 18.2 Å². The summed E-state index contributed by atoms with van der Waals surface area (Å²) in [7, 11) is 0. The first-order valence-corrected chi connectivity index (χ1v) is 10.6. The lowest BCUT2D eigenvalue weighted by molar-refractivity contribution is -0.123. The van der Waals surface area contributed by atoms with E-state index in [1.165, 1.54) is 16.8 Å². The van der Waals surface area contributed by atoms with Gasteiger partial charge in [0.25, 0.3) is 5.91 Å². The number of ether oxygens (including phenoxy) is 1. The normalized spacial score (nSPS) is 14.8. The SMILES string of the molecule is Cc1cc(OCC(=O)NCCN2CCN(c3ccccc3)CC2)ccc1C(C)C. The molecule has 0 bridgehead atoms. The number of carbonyl (C=O) groups excluding carboxylic acids is 1. The maximum atomic E-state index is 12.1. The summed E-state index contributed by atoms with van der Waals surface area (Å²) < 4.78 is 5.66. The number of para-hydroxylation sites is 1. The topological polar surface area (TPSA) is 44.8 Å². The Morgan fingerprint density at radius 2 is 1.79 bits per heavy atom. The molecule has 1 heterocycles. The molecule has 0 saturated carbocycles. The van der Waals surface area contributed by atoms with Gasteiger partial charge in [-0.1, -0.05) is 38.1 Å². The van der Waals surface area contributed by atoms with Gasteiger partial charge >= 0.3 is 0 Å².